The maximum absolute atomic E-state index is 12.1. The van der Waals surface area contributed by atoms with E-state index < -0.39 is 5.97 Å². The Kier molecular flexibility index (Phi) is 6.91. The lowest BCUT2D eigenvalue weighted by Gasteiger charge is -2.11. The van der Waals surface area contributed by atoms with Crippen molar-refractivity contribution in [2.45, 2.75) is 32.6 Å². The molecule has 2 aromatic heterocycles. The van der Waals surface area contributed by atoms with E-state index in [4.69, 9.17) is 5.11 Å². The van der Waals surface area contributed by atoms with Crippen LogP contribution in [0.15, 0.2) is 48.1 Å². The second-order valence-corrected chi connectivity index (χ2v) is 7.44. The lowest BCUT2D eigenvalue weighted by atomic mass is 10.1. The normalized spacial score (nSPS) is 10.5. The van der Waals surface area contributed by atoms with Crippen LogP contribution in [-0.4, -0.2) is 27.0 Å². The lowest BCUT2D eigenvalue weighted by molar-refractivity contribution is -0.137. The first-order valence-corrected chi connectivity index (χ1v) is 10.1. The summed E-state index contributed by atoms with van der Waals surface area (Å²) in [5.41, 5.74) is 4.39. The van der Waals surface area contributed by atoms with Gasteiger partial charge in [-0.2, -0.15) is 0 Å². The highest BCUT2D eigenvalue weighted by Gasteiger charge is 2.09. The van der Waals surface area contributed by atoms with Gasteiger partial charge < -0.3 is 15.7 Å². The van der Waals surface area contributed by atoms with Gasteiger partial charge in [-0.05, 0) is 49.6 Å². The molecular weight excluding hydrogens is 388 g/mol. The molecule has 0 atom stereocenters. The minimum absolute atomic E-state index is 0.0841. The summed E-state index contributed by atoms with van der Waals surface area (Å²) in [4.78, 5) is 31.3. The van der Waals surface area contributed by atoms with Crippen molar-refractivity contribution in [3.05, 3.63) is 53.7 Å². The minimum Gasteiger partial charge on any atom is -0.481 e. The zero-order valence-corrected chi connectivity index (χ0v) is 16.8. The summed E-state index contributed by atoms with van der Waals surface area (Å²) in [5, 5.41) is 17.5. The Bertz CT molecular complexity index is 989. The number of aromatic nitrogens is 2. The minimum atomic E-state index is -0.839. The lowest BCUT2D eigenvalue weighted by Crippen LogP contribution is -2.11. The van der Waals surface area contributed by atoms with Crippen LogP contribution >= 0.6 is 11.3 Å². The SMILES string of the molecule is Cc1ccc(NC(=O)CCCCC(=O)O)cc1Nc1nc(-c2cccnc2)cs1. The Morgan fingerprint density at radius 3 is 2.76 bits per heavy atom. The molecule has 0 radical (unpaired) electrons. The van der Waals surface area contributed by atoms with E-state index >= 15 is 0 Å². The molecule has 0 aliphatic carbocycles. The number of hydrogen-bond acceptors (Lipinski definition) is 6. The monoisotopic (exact) mass is 410 g/mol. The van der Waals surface area contributed by atoms with E-state index in [-0.39, 0.29) is 12.3 Å². The molecule has 0 unspecified atom stereocenters. The number of carboxylic acids is 1. The summed E-state index contributed by atoms with van der Waals surface area (Å²) >= 11 is 1.50. The number of carboxylic acid groups (broad SMARTS) is 1. The number of thiazole rings is 1. The van der Waals surface area contributed by atoms with Crippen LogP contribution in [-0.2, 0) is 9.59 Å². The van der Waals surface area contributed by atoms with Gasteiger partial charge in [0.15, 0.2) is 5.13 Å². The summed E-state index contributed by atoms with van der Waals surface area (Å²) in [6.45, 7) is 1.98. The highest BCUT2D eigenvalue weighted by Crippen LogP contribution is 2.29. The Hall–Kier alpha value is -3.26. The fourth-order valence-corrected chi connectivity index (χ4v) is 3.44. The largest absolute Gasteiger partial charge is 0.481 e. The Morgan fingerprint density at radius 2 is 2.00 bits per heavy atom. The maximum atomic E-state index is 12.1. The molecule has 0 spiro atoms. The summed E-state index contributed by atoms with van der Waals surface area (Å²) in [7, 11) is 0. The third-order valence-corrected chi connectivity index (χ3v) is 5.03. The molecule has 3 rings (SSSR count). The Labute approximate surface area is 172 Å². The van der Waals surface area contributed by atoms with E-state index in [0.717, 1.165) is 27.6 Å². The fraction of sp³-hybridized carbons (Fsp3) is 0.238. The van der Waals surface area contributed by atoms with Crippen molar-refractivity contribution in [1.82, 2.24) is 9.97 Å². The zero-order chi connectivity index (χ0) is 20.6. The summed E-state index contributed by atoms with van der Waals surface area (Å²) in [5.74, 6) is -0.966. The van der Waals surface area contributed by atoms with Crippen molar-refractivity contribution in [2.24, 2.45) is 0 Å². The number of aliphatic carboxylic acids is 1. The topological polar surface area (TPSA) is 104 Å². The average Bonchev–Trinajstić information content (AvgIpc) is 3.17. The van der Waals surface area contributed by atoms with Crippen LogP contribution in [0.4, 0.5) is 16.5 Å². The summed E-state index contributed by atoms with van der Waals surface area (Å²) in [6, 6.07) is 9.48. The molecule has 0 saturated heterocycles. The highest BCUT2D eigenvalue weighted by molar-refractivity contribution is 7.14. The number of rotatable bonds is 9. The Balaban J connectivity index is 1.61. The molecule has 29 heavy (non-hydrogen) atoms. The molecule has 3 N–H and O–H groups in total. The van der Waals surface area contributed by atoms with Gasteiger partial charge in [-0.3, -0.25) is 14.6 Å². The quantitative estimate of drug-likeness (QED) is 0.436. The van der Waals surface area contributed by atoms with Gasteiger partial charge in [0.05, 0.1) is 5.69 Å². The van der Waals surface area contributed by atoms with Crippen LogP contribution in [0.25, 0.3) is 11.3 Å². The molecule has 150 valence electrons. The number of anilines is 3. The van der Waals surface area contributed by atoms with E-state index in [9.17, 15) is 9.59 Å². The number of carbonyl (C=O) groups excluding carboxylic acids is 1. The van der Waals surface area contributed by atoms with Gasteiger partial charge in [-0.25, -0.2) is 4.98 Å². The van der Waals surface area contributed by atoms with Crippen molar-refractivity contribution in [3.8, 4) is 11.3 Å². The van der Waals surface area contributed by atoms with E-state index in [1.807, 2.05) is 42.6 Å². The van der Waals surface area contributed by atoms with Gasteiger partial charge >= 0.3 is 5.97 Å². The maximum Gasteiger partial charge on any atom is 0.303 e. The van der Waals surface area contributed by atoms with Crippen molar-refractivity contribution in [2.75, 3.05) is 10.6 Å². The number of hydrogen-bond donors (Lipinski definition) is 3. The van der Waals surface area contributed by atoms with E-state index in [0.29, 0.717) is 24.9 Å². The van der Waals surface area contributed by atoms with Gasteiger partial charge in [0, 0.05) is 47.6 Å². The predicted octanol–water partition coefficient (Wildman–Crippen LogP) is 4.84. The third-order valence-electron chi connectivity index (χ3n) is 4.27. The number of amides is 1. The second-order valence-electron chi connectivity index (χ2n) is 6.58. The zero-order valence-electron chi connectivity index (χ0n) is 16.0. The van der Waals surface area contributed by atoms with Crippen molar-refractivity contribution in [3.63, 3.8) is 0 Å². The number of carbonyl (C=O) groups is 2. The average molecular weight is 410 g/mol. The number of nitrogens with zero attached hydrogens (tertiary/aromatic N) is 2. The molecule has 7 nitrogen and oxygen atoms in total. The smallest absolute Gasteiger partial charge is 0.303 e. The number of unbranched alkanes of at least 4 members (excludes halogenated alkanes) is 1. The van der Waals surface area contributed by atoms with Crippen LogP contribution < -0.4 is 10.6 Å². The summed E-state index contributed by atoms with van der Waals surface area (Å²) in [6.07, 6.45) is 4.92. The van der Waals surface area contributed by atoms with Crippen LogP contribution in [0.2, 0.25) is 0 Å². The standard InChI is InChI=1S/C21H22N4O3S/c1-14-8-9-16(23-19(26)6-2-3-7-20(27)28)11-17(14)24-21-25-18(13-29-21)15-5-4-10-22-12-15/h4-5,8-13H,2-3,6-7H2,1H3,(H,23,26)(H,24,25)(H,27,28). The molecule has 8 heteroatoms. The number of nitrogens with one attached hydrogen (secondary N) is 2. The third kappa shape index (κ3) is 6.11. The first kappa shape index (κ1) is 20.5. The van der Waals surface area contributed by atoms with Crippen LogP contribution in [0.1, 0.15) is 31.2 Å². The highest BCUT2D eigenvalue weighted by atomic mass is 32.1. The second kappa shape index (κ2) is 9.79. The molecule has 0 fully saturated rings. The molecule has 1 aromatic carbocycles. The fourth-order valence-electron chi connectivity index (χ4n) is 2.71. The molecule has 0 saturated carbocycles. The van der Waals surface area contributed by atoms with Crippen molar-refractivity contribution in [1.29, 1.82) is 0 Å². The molecule has 3 aromatic rings. The van der Waals surface area contributed by atoms with Gasteiger partial charge in [0.1, 0.15) is 0 Å². The first-order valence-electron chi connectivity index (χ1n) is 9.26. The molecular formula is C21H22N4O3S. The molecule has 2 heterocycles. The first-order chi connectivity index (χ1) is 14.0. The molecule has 0 aliphatic heterocycles. The van der Waals surface area contributed by atoms with Gasteiger partial charge in [-0.1, -0.05) is 6.07 Å². The van der Waals surface area contributed by atoms with E-state index in [1.54, 1.807) is 12.4 Å². The number of pyridine rings is 1. The number of benzene rings is 1. The van der Waals surface area contributed by atoms with Crippen LogP contribution in [0.3, 0.4) is 0 Å². The van der Waals surface area contributed by atoms with Gasteiger partial charge in [-0.15, -0.1) is 11.3 Å². The molecule has 1 amide bonds. The van der Waals surface area contributed by atoms with E-state index in [1.165, 1.54) is 11.3 Å². The van der Waals surface area contributed by atoms with E-state index in [2.05, 4.69) is 20.6 Å². The summed E-state index contributed by atoms with van der Waals surface area (Å²) < 4.78 is 0. The Morgan fingerprint density at radius 1 is 1.17 bits per heavy atom. The molecule has 0 aliphatic rings. The van der Waals surface area contributed by atoms with Gasteiger partial charge in [0.25, 0.3) is 0 Å². The number of aryl methyl sites for hydroxylation is 1. The molecule has 0 bridgehead atoms. The van der Waals surface area contributed by atoms with Crippen LogP contribution in [0, 0.1) is 6.92 Å². The van der Waals surface area contributed by atoms with Crippen molar-refractivity contribution < 1.29 is 14.7 Å². The van der Waals surface area contributed by atoms with Gasteiger partial charge in [0.2, 0.25) is 5.91 Å². The van der Waals surface area contributed by atoms with Crippen molar-refractivity contribution >= 4 is 39.7 Å². The van der Waals surface area contributed by atoms with Crippen LogP contribution in [0.5, 0.6) is 0 Å². The predicted molar refractivity (Wildman–Crippen MR) is 115 cm³/mol.